The molecule has 0 unspecified atom stereocenters. The highest BCUT2D eigenvalue weighted by Gasteiger charge is 2.31. The highest BCUT2D eigenvalue weighted by Crippen LogP contribution is 2.33. The van der Waals surface area contributed by atoms with Gasteiger partial charge in [0.15, 0.2) is 5.13 Å². The number of aromatic nitrogens is 1. The molecule has 9 heteroatoms. The van der Waals surface area contributed by atoms with Gasteiger partial charge in [0, 0.05) is 23.5 Å². The number of aryl methyl sites for hydroxylation is 1. The van der Waals surface area contributed by atoms with Crippen LogP contribution in [-0.4, -0.2) is 43.8 Å². The molecule has 4 rings (SSSR count). The summed E-state index contributed by atoms with van der Waals surface area (Å²) in [5, 5.41) is 3.40. The van der Waals surface area contributed by atoms with Gasteiger partial charge in [-0.2, -0.15) is 4.31 Å². The van der Waals surface area contributed by atoms with Crippen LogP contribution in [0.4, 0.5) is 5.13 Å². The van der Waals surface area contributed by atoms with Gasteiger partial charge in [0.1, 0.15) is 10.6 Å². The van der Waals surface area contributed by atoms with Crippen LogP contribution in [-0.2, 0) is 22.9 Å². The van der Waals surface area contributed by atoms with E-state index < -0.39 is 10.0 Å². The van der Waals surface area contributed by atoms with Crippen molar-refractivity contribution in [3.63, 3.8) is 0 Å². The summed E-state index contributed by atoms with van der Waals surface area (Å²) in [5.74, 6) is 0.503. The average Bonchev–Trinajstić information content (AvgIpc) is 3.37. The lowest BCUT2D eigenvalue weighted by molar-refractivity contribution is 0.102. The van der Waals surface area contributed by atoms with Crippen LogP contribution in [0.15, 0.2) is 23.1 Å². The summed E-state index contributed by atoms with van der Waals surface area (Å²) < 4.78 is 32.7. The lowest BCUT2D eigenvalue weighted by Gasteiger charge is -2.18. The molecular formula is C20H25N3O4S2. The summed E-state index contributed by atoms with van der Waals surface area (Å²) in [6.07, 6.45) is 4.72. The maximum absolute atomic E-state index is 13.0. The van der Waals surface area contributed by atoms with Crippen LogP contribution in [0.3, 0.4) is 0 Å². The summed E-state index contributed by atoms with van der Waals surface area (Å²) in [6, 6.07) is 4.51. The second-order valence-corrected chi connectivity index (χ2v) is 10.7. The van der Waals surface area contributed by atoms with Gasteiger partial charge in [-0.25, -0.2) is 13.4 Å². The van der Waals surface area contributed by atoms with Gasteiger partial charge in [-0.05, 0) is 56.2 Å². The van der Waals surface area contributed by atoms with Crippen LogP contribution < -0.4 is 10.1 Å². The van der Waals surface area contributed by atoms with E-state index in [1.54, 1.807) is 6.07 Å². The summed E-state index contributed by atoms with van der Waals surface area (Å²) in [7, 11) is -2.27. The van der Waals surface area contributed by atoms with Crippen molar-refractivity contribution in [3.05, 3.63) is 34.3 Å². The molecule has 1 aromatic carbocycles. The van der Waals surface area contributed by atoms with E-state index in [0.717, 1.165) is 37.8 Å². The minimum Gasteiger partial charge on any atom is -0.495 e. The maximum atomic E-state index is 13.0. The van der Waals surface area contributed by atoms with Crippen LogP contribution >= 0.6 is 11.3 Å². The molecule has 1 saturated heterocycles. The first-order valence-electron chi connectivity index (χ1n) is 9.86. The van der Waals surface area contributed by atoms with Crippen molar-refractivity contribution >= 4 is 32.4 Å². The number of thiazole rings is 1. The summed E-state index contributed by atoms with van der Waals surface area (Å²) in [6.45, 7) is 3.20. The number of nitrogens with one attached hydrogen (secondary N) is 1. The Morgan fingerprint density at radius 2 is 2.07 bits per heavy atom. The van der Waals surface area contributed by atoms with E-state index in [1.807, 2.05) is 0 Å². The van der Waals surface area contributed by atoms with E-state index in [9.17, 15) is 13.2 Å². The Hall–Kier alpha value is -1.97. The van der Waals surface area contributed by atoms with Crippen molar-refractivity contribution in [2.75, 3.05) is 25.5 Å². The van der Waals surface area contributed by atoms with E-state index in [4.69, 9.17) is 4.74 Å². The number of methoxy groups -OCH3 is 1. The van der Waals surface area contributed by atoms with E-state index in [0.29, 0.717) is 24.1 Å². The number of ether oxygens (including phenoxy) is 1. The Morgan fingerprint density at radius 1 is 1.31 bits per heavy atom. The predicted molar refractivity (Wildman–Crippen MR) is 112 cm³/mol. The minimum atomic E-state index is -3.70. The lowest BCUT2D eigenvalue weighted by atomic mass is 9.93. The molecule has 0 bridgehead atoms. The molecule has 1 aliphatic carbocycles. The van der Waals surface area contributed by atoms with Crippen LogP contribution in [0.25, 0.3) is 0 Å². The van der Waals surface area contributed by atoms with Gasteiger partial charge < -0.3 is 4.74 Å². The molecule has 0 radical (unpaired) electrons. The highest BCUT2D eigenvalue weighted by molar-refractivity contribution is 7.89. The molecule has 7 nitrogen and oxygen atoms in total. The number of hydrogen-bond acceptors (Lipinski definition) is 6. The topological polar surface area (TPSA) is 88.6 Å². The Balaban J connectivity index is 1.59. The largest absolute Gasteiger partial charge is 0.495 e. The molecule has 1 fully saturated rings. The fourth-order valence-corrected chi connectivity index (χ4v) is 6.71. The normalized spacial score (nSPS) is 19.7. The number of rotatable bonds is 5. The zero-order valence-electron chi connectivity index (χ0n) is 16.6. The number of anilines is 1. The summed E-state index contributed by atoms with van der Waals surface area (Å²) in [4.78, 5) is 18.6. The fourth-order valence-electron chi connectivity index (χ4n) is 3.85. The number of carbonyl (C=O) groups excluding carboxylic acids is 1. The molecule has 0 saturated carbocycles. The molecule has 1 aliphatic heterocycles. The molecule has 1 aromatic heterocycles. The van der Waals surface area contributed by atoms with Crippen molar-refractivity contribution in [1.82, 2.24) is 9.29 Å². The fraction of sp³-hybridized carbons (Fsp3) is 0.500. The van der Waals surface area contributed by atoms with Gasteiger partial charge in [-0.1, -0.05) is 6.92 Å². The summed E-state index contributed by atoms with van der Waals surface area (Å²) in [5.41, 5.74) is 1.33. The van der Waals surface area contributed by atoms with Gasteiger partial charge >= 0.3 is 0 Å². The molecule has 2 aliphatic rings. The second-order valence-electron chi connectivity index (χ2n) is 7.67. The van der Waals surface area contributed by atoms with E-state index in [-0.39, 0.29) is 22.1 Å². The number of amides is 1. The third-order valence-electron chi connectivity index (χ3n) is 5.52. The van der Waals surface area contributed by atoms with Gasteiger partial charge in [0.05, 0.1) is 12.8 Å². The molecule has 1 atom stereocenters. The second kappa shape index (κ2) is 8.04. The Morgan fingerprint density at radius 3 is 2.79 bits per heavy atom. The maximum Gasteiger partial charge on any atom is 0.257 e. The third kappa shape index (κ3) is 4.04. The van der Waals surface area contributed by atoms with Crippen LogP contribution in [0.1, 0.15) is 47.1 Å². The molecule has 2 heterocycles. The molecule has 1 N–H and O–H groups in total. The number of carbonyl (C=O) groups is 1. The monoisotopic (exact) mass is 435 g/mol. The quantitative estimate of drug-likeness (QED) is 0.778. The zero-order valence-corrected chi connectivity index (χ0v) is 18.2. The van der Waals surface area contributed by atoms with Gasteiger partial charge in [0.25, 0.3) is 5.91 Å². The molecule has 156 valence electrons. The minimum absolute atomic E-state index is 0.0295. The smallest absolute Gasteiger partial charge is 0.257 e. The summed E-state index contributed by atoms with van der Waals surface area (Å²) >= 11 is 1.51. The molecular weight excluding hydrogens is 410 g/mol. The van der Waals surface area contributed by atoms with Gasteiger partial charge in [-0.15, -0.1) is 11.3 Å². The molecule has 2 aromatic rings. The Bertz CT molecular complexity index is 1030. The predicted octanol–water partition coefficient (Wildman–Crippen LogP) is 3.31. The van der Waals surface area contributed by atoms with Gasteiger partial charge in [-0.3, -0.25) is 10.1 Å². The standard InChI is InChI=1S/C20H25N3O4S2/c1-13-5-7-15-17(11-13)28-20(21-15)22-19(24)14-6-8-16(27-2)18(12-14)29(25,26)23-9-3-4-10-23/h6,8,12-13H,3-5,7,9-11H2,1-2H3,(H,21,22,24)/t13-/m1/s1. The third-order valence-corrected chi connectivity index (χ3v) is 8.47. The highest BCUT2D eigenvalue weighted by atomic mass is 32.2. The SMILES string of the molecule is COc1ccc(C(=O)Nc2nc3c(s2)C[C@H](C)CC3)cc1S(=O)(=O)N1CCCC1. The Labute approximate surface area is 175 Å². The lowest BCUT2D eigenvalue weighted by Crippen LogP contribution is -2.28. The first-order valence-corrected chi connectivity index (χ1v) is 12.1. The van der Waals surface area contributed by atoms with E-state index in [2.05, 4.69) is 17.2 Å². The van der Waals surface area contributed by atoms with Crippen molar-refractivity contribution in [2.45, 2.75) is 43.9 Å². The first kappa shape index (κ1) is 20.3. The zero-order chi connectivity index (χ0) is 20.6. The number of hydrogen-bond donors (Lipinski definition) is 1. The van der Waals surface area contributed by atoms with Crippen LogP contribution in [0, 0.1) is 5.92 Å². The molecule has 29 heavy (non-hydrogen) atoms. The number of nitrogens with zero attached hydrogens (tertiary/aromatic N) is 2. The van der Waals surface area contributed by atoms with Crippen molar-refractivity contribution in [3.8, 4) is 5.75 Å². The van der Waals surface area contributed by atoms with Gasteiger partial charge in [0.2, 0.25) is 10.0 Å². The number of fused-ring (bicyclic) bond motifs is 1. The Kier molecular flexibility index (Phi) is 5.63. The average molecular weight is 436 g/mol. The van der Waals surface area contributed by atoms with E-state index >= 15 is 0 Å². The first-order chi connectivity index (χ1) is 13.9. The van der Waals surface area contributed by atoms with Crippen LogP contribution in [0.5, 0.6) is 5.75 Å². The number of sulfonamides is 1. The number of benzene rings is 1. The van der Waals surface area contributed by atoms with Crippen molar-refractivity contribution in [1.29, 1.82) is 0 Å². The van der Waals surface area contributed by atoms with Crippen molar-refractivity contribution in [2.24, 2.45) is 5.92 Å². The molecule has 1 amide bonds. The molecule has 0 spiro atoms. The van der Waals surface area contributed by atoms with Crippen molar-refractivity contribution < 1.29 is 17.9 Å². The van der Waals surface area contributed by atoms with Crippen LogP contribution in [0.2, 0.25) is 0 Å². The van der Waals surface area contributed by atoms with E-state index in [1.165, 1.54) is 39.8 Å².